The van der Waals surface area contributed by atoms with Crippen LogP contribution in [-0.2, 0) is 9.47 Å². The third-order valence-corrected chi connectivity index (χ3v) is 1.88. The van der Waals surface area contributed by atoms with Crippen LogP contribution in [0.4, 0.5) is 13.2 Å². The van der Waals surface area contributed by atoms with Crippen LogP contribution in [0.15, 0.2) is 0 Å². The number of hydrogen-bond donors (Lipinski definition) is 1. The summed E-state index contributed by atoms with van der Waals surface area (Å²) in [5.74, 6) is 0. The molecule has 0 radical (unpaired) electrons. The summed E-state index contributed by atoms with van der Waals surface area (Å²) in [6.45, 7) is 4.10. The van der Waals surface area contributed by atoms with Gasteiger partial charge >= 0.3 is 6.18 Å². The first-order chi connectivity index (χ1) is 6.95. The van der Waals surface area contributed by atoms with Gasteiger partial charge in [0.25, 0.3) is 0 Å². The van der Waals surface area contributed by atoms with Crippen molar-refractivity contribution in [1.29, 1.82) is 0 Å². The zero-order valence-electron chi connectivity index (χ0n) is 9.23. The fraction of sp³-hybridized carbons (Fsp3) is 1.00. The van der Waals surface area contributed by atoms with Gasteiger partial charge in [-0.05, 0) is 20.9 Å². The smallest absolute Gasteiger partial charge is 0.353 e. The molecule has 0 heterocycles. The molecule has 0 aliphatic rings. The predicted octanol–water partition coefficient (Wildman–Crippen LogP) is 1.93. The second-order valence-electron chi connectivity index (χ2n) is 2.96. The van der Waals surface area contributed by atoms with E-state index in [0.717, 1.165) is 0 Å². The van der Waals surface area contributed by atoms with Crippen molar-refractivity contribution in [3.05, 3.63) is 0 Å². The van der Waals surface area contributed by atoms with Crippen molar-refractivity contribution in [2.24, 2.45) is 0 Å². The van der Waals surface area contributed by atoms with E-state index in [1.54, 1.807) is 13.8 Å². The number of halogens is 3. The van der Waals surface area contributed by atoms with Crippen LogP contribution in [0.1, 0.15) is 20.3 Å². The van der Waals surface area contributed by atoms with Gasteiger partial charge in [0.15, 0.2) is 6.29 Å². The van der Waals surface area contributed by atoms with E-state index in [1.807, 2.05) is 0 Å². The number of hydrogen-bond acceptors (Lipinski definition) is 3. The Labute approximate surface area is 87.9 Å². The van der Waals surface area contributed by atoms with Gasteiger partial charge in [-0.1, -0.05) is 0 Å². The molecule has 0 saturated heterocycles. The van der Waals surface area contributed by atoms with Gasteiger partial charge in [0.1, 0.15) is 6.04 Å². The summed E-state index contributed by atoms with van der Waals surface area (Å²) in [6, 6.07) is -1.60. The van der Waals surface area contributed by atoms with Crippen LogP contribution >= 0.6 is 0 Å². The fourth-order valence-electron chi connectivity index (χ4n) is 1.16. The molecule has 0 rings (SSSR count). The van der Waals surface area contributed by atoms with Gasteiger partial charge in [-0.2, -0.15) is 13.2 Å². The minimum atomic E-state index is -4.28. The molecule has 1 atom stereocenters. The van der Waals surface area contributed by atoms with Crippen LogP contribution in [0.2, 0.25) is 0 Å². The average Bonchev–Trinajstić information content (AvgIpc) is 2.12. The van der Waals surface area contributed by atoms with Crippen LogP contribution in [0.25, 0.3) is 0 Å². The Balaban J connectivity index is 4.21. The molecule has 0 bridgehead atoms. The second-order valence-corrected chi connectivity index (χ2v) is 2.96. The van der Waals surface area contributed by atoms with E-state index in [1.165, 1.54) is 7.05 Å². The highest BCUT2D eigenvalue weighted by molar-refractivity contribution is 4.74. The number of rotatable bonds is 7. The molecule has 15 heavy (non-hydrogen) atoms. The van der Waals surface area contributed by atoms with E-state index in [2.05, 4.69) is 5.32 Å². The summed E-state index contributed by atoms with van der Waals surface area (Å²) in [7, 11) is 1.27. The molecular weight excluding hydrogens is 211 g/mol. The van der Waals surface area contributed by atoms with E-state index in [0.29, 0.717) is 13.2 Å². The Kier molecular flexibility index (Phi) is 6.87. The lowest BCUT2D eigenvalue weighted by atomic mass is 10.2. The Bertz CT molecular complexity index is 158. The molecule has 0 aliphatic carbocycles. The lowest BCUT2D eigenvalue weighted by Gasteiger charge is -2.24. The molecule has 0 aliphatic heterocycles. The molecule has 92 valence electrons. The van der Waals surface area contributed by atoms with E-state index >= 15 is 0 Å². The molecule has 1 unspecified atom stereocenters. The van der Waals surface area contributed by atoms with Crippen LogP contribution in [0.3, 0.4) is 0 Å². The second kappa shape index (κ2) is 7.03. The highest BCUT2D eigenvalue weighted by Crippen LogP contribution is 2.24. The summed E-state index contributed by atoms with van der Waals surface area (Å²) in [5.41, 5.74) is 0. The maximum absolute atomic E-state index is 12.4. The zero-order valence-corrected chi connectivity index (χ0v) is 9.23. The molecule has 0 aromatic carbocycles. The first-order valence-corrected chi connectivity index (χ1v) is 4.92. The molecule has 0 spiro atoms. The third kappa shape index (κ3) is 5.96. The van der Waals surface area contributed by atoms with Gasteiger partial charge < -0.3 is 14.8 Å². The molecule has 0 amide bonds. The predicted molar refractivity (Wildman–Crippen MR) is 50.6 cm³/mol. The van der Waals surface area contributed by atoms with Crippen molar-refractivity contribution in [3.63, 3.8) is 0 Å². The maximum atomic E-state index is 12.4. The molecule has 0 fully saturated rings. The Morgan fingerprint density at radius 2 is 1.60 bits per heavy atom. The van der Waals surface area contributed by atoms with Crippen molar-refractivity contribution >= 4 is 0 Å². The molecule has 0 saturated carbocycles. The lowest BCUT2D eigenvalue weighted by Crippen LogP contribution is -2.43. The SMILES string of the molecule is CCOC(CC(NC)C(F)(F)F)OCC. The minimum Gasteiger partial charge on any atom is -0.353 e. The van der Waals surface area contributed by atoms with Crippen molar-refractivity contribution < 1.29 is 22.6 Å². The summed E-state index contributed by atoms with van der Waals surface area (Å²) < 4.78 is 47.3. The Morgan fingerprint density at radius 3 is 1.87 bits per heavy atom. The van der Waals surface area contributed by atoms with E-state index < -0.39 is 18.5 Å². The topological polar surface area (TPSA) is 30.5 Å². The van der Waals surface area contributed by atoms with Crippen molar-refractivity contribution in [2.75, 3.05) is 20.3 Å². The number of ether oxygens (including phenoxy) is 2. The van der Waals surface area contributed by atoms with E-state index in [9.17, 15) is 13.2 Å². The van der Waals surface area contributed by atoms with Gasteiger partial charge in [-0.3, -0.25) is 0 Å². The van der Waals surface area contributed by atoms with Crippen molar-refractivity contribution in [1.82, 2.24) is 5.32 Å². The monoisotopic (exact) mass is 229 g/mol. The van der Waals surface area contributed by atoms with Gasteiger partial charge in [0.05, 0.1) is 0 Å². The van der Waals surface area contributed by atoms with Crippen LogP contribution < -0.4 is 5.32 Å². The van der Waals surface area contributed by atoms with Crippen molar-refractivity contribution in [3.8, 4) is 0 Å². The summed E-state index contributed by atoms with van der Waals surface area (Å²) >= 11 is 0. The largest absolute Gasteiger partial charge is 0.404 e. The van der Waals surface area contributed by atoms with Gasteiger partial charge in [-0.15, -0.1) is 0 Å². The fourth-order valence-corrected chi connectivity index (χ4v) is 1.16. The van der Waals surface area contributed by atoms with Crippen molar-refractivity contribution in [2.45, 2.75) is 38.8 Å². The zero-order chi connectivity index (χ0) is 11.9. The molecule has 0 aromatic heterocycles. The lowest BCUT2D eigenvalue weighted by molar-refractivity contribution is -0.193. The van der Waals surface area contributed by atoms with E-state index in [-0.39, 0.29) is 6.42 Å². The van der Waals surface area contributed by atoms with Gasteiger partial charge in [0, 0.05) is 19.6 Å². The normalized spacial score (nSPS) is 14.6. The van der Waals surface area contributed by atoms with Gasteiger partial charge in [-0.25, -0.2) is 0 Å². The molecule has 6 heteroatoms. The van der Waals surface area contributed by atoms with Gasteiger partial charge in [0.2, 0.25) is 0 Å². The highest BCUT2D eigenvalue weighted by atomic mass is 19.4. The standard InChI is InChI=1S/C9H18F3NO2/c1-4-14-8(15-5-2)6-7(13-3)9(10,11)12/h7-8,13H,4-6H2,1-3H3. The Morgan fingerprint density at radius 1 is 1.13 bits per heavy atom. The number of nitrogens with one attached hydrogen (secondary N) is 1. The van der Waals surface area contributed by atoms with Crippen LogP contribution in [0.5, 0.6) is 0 Å². The summed E-state index contributed by atoms with van der Waals surface area (Å²) in [6.07, 6.45) is -5.32. The molecule has 3 nitrogen and oxygen atoms in total. The number of alkyl halides is 3. The van der Waals surface area contributed by atoms with E-state index in [4.69, 9.17) is 9.47 Å². The molecular formula is C9H18F3NO2. The first-order valence-electron chi connectivity index (χ1n) is 4.92. The molecule has 1 N–H and O–H groups in total. The van der Waals surface area contributed by atoms with Crippen LogP contribution in [0, 0.1) is 0 Å². The summed E-state index contributed by atoms with van der Waals surface area (Å²) in [4.78, 5) is 0. The minimum absolute atomic E-state index is 0.234. The average molecular weight is 229 g/mol. The quantitative estimate of drug-likeness (QED) is 0.677. The first kappa shape index (κ1) is 14.7. The maximum Gasteiger partial charge on any atom is 0.404 e. The summed E-state index contributed by atoms with van der Waals surface area (Å²) in [5, 5.41) is 2.20. The van der Waals surface area contributed by atoms with Crippen LogP contribution in [-0.4, -0.2) is 38.8 Å². The molecule has 0 aromatic rings. The highest BCUT2D eigenvalue weighted by Gasteiger charge is 2.40. The third-order valence-electron chi connectivity index (χ3n) is 1.88. The Hall–Kier alpha value is -0.330.